The Morgan fingerprint density at radius 2 is 1.84 bits per heavy atom. The van der Waals surface area contributed by atoms with Crippen LogP contribution in [0.2, 0.25) is 0 Å². The summed E-state index contributed by atoms with van der Waals surface area (Å²) in [6.45, 7) is 5.00. The number of amides is 1. The van der Waals surface area contributed by atoms with E-state index >= 15 is 0 Å². The number of pyridine rings is 1. The summed E-state index contributed by atoms with van der Waals surface area (Å²) in [5.41, 5.74) is 1.64. The van der Waals surface area contributed by atoms with Crippen LogP contribution in [0.15, 0.2) is 48.8 Å². The minimum absolute atomic E-state index is 0.00772. The molecule has 0 aliphatic carbocycles. The molecule has 0 saturated carbocycles. The molecule has 7 heteroatoms. The van der Waals surface area contributed by atoms with E-state index in [1.54, 1.807) is 11.1 Å². The predicted molar refractivity (Wildman–Crippen MR) is 93.2 cm³/mol. The number of nitro groups is 1. The fourth-order valence-corrected chi connectivity index (χ4v) is 3.05. The molecule has 0 spiro atoms. The molecule has 2 heterocycles. The van der Waals surface area contributed by atoms with E-state index in [0.717, 1.165) is 18.7 Å². The summed E-state index contributed by atoms with van der Waals surface area (Å²) >= 11 is 0. The zero-order chi connectivity index (χ0) is 17.8. The van der Waals surface area contributed by atoms with E-state index < -0.39 is 4.92 Å². The Kier molecular flexibility index (Phi) is 5.04. The van der Waals surface area contributed by atoms with E-state index in [9.17, 15) is 14.9 Å². The van der Waals surface area contributed by atoms with Crippen LogP contribution in [-0.4, -0.2) is 51.8 Å². The fraction of sp³-hybridized carbons (Fsp3) is 0.333. The number of hydrogen-bond donors (Lipinski definition) is 0. The molecule has 1 saturated heterocycles. The Labute approximate surface area is 146 Å². The highest BCUT2D eigenvalue weighted by molar-refractivity contribution is 5.94. The van der Waals surface area contributed by atoms with Crippen LogP contribution in [0.1, 0.15) is 28.9 Å². The lowest BCUT2D eigenvalue weighted by atomic mass is 10.1. The molecule has 7 nitrogen and oxygen atoms in total. The fourth-order valence-electron chi connectivity index (χ4n) is 3.05. The van der Waals surface area contributed by atoms with E-state index in [0.29, 0.717) is 18.7 Å². The van der Waals surface area contributed by atoms with Gasteiger partial charge in [0.1, 0.15) is 0 Å². The van der Waals surface area contributed by atoms with Gasteiger partial charge in [-0.25, -0.2) is 0 Å². The van der Waals surface area contributed by atoms with Crippen molar-refractivity contribution in [1.29, 1.82) is 0 Å². The third-order valence-corrected chi connectivity index (χ3v) is 4.64. The molecule has 25 heavy (non-hydrogen) atoms. The zero-order valence-electron chi connectivity index (χ0n) is 14.0. The van der Waals surface area contributed by atoms with Crippen molar-refractivity contribution in [3.05, 3.63) is 70.0 Å². The number of hydrogen-bond acceptors (Lipinski definition) is 5. The SMILES string of the molecule is C[C@H](c1cccnc1)N1CCN(C(=O)c2ccc([N+](=O)[O-])cc2)CC1. The van der Waals surface area contributed by atoms with Crippen molar-refractivity contribution in [2.45, 2.75) is 13.0 Å². The first-order valence-corrected chi connectivity index (χ1v) is 8.24. The molecule has 1 aromatic carbocycles. The van der Waals surface area contributed by atoms with Gasteiger partial charge in [-0.15, -0.1) is 0 Å². The number of benzene rings is 1. The van der Waals surface area contributed by atoms with Gasteiger partial charge >= 0.3 is 0 Å². The second kappa shape index (κ2) is 7.40. The Balaban J connectivity index is 1.60. The van der Waals surface area contributed by atoms with Crippen LogP contribution < -0.4 is 0 Å². The van der Waals surface area contributed by atoms with Crippen molar-refractivity contribution in [3.63, 3.8) is 0 Å². The molecule has 1 aliphatic rings. The Morgan fingerprint density at radius 1 is 1.16 bits per heavy atom. The Morgan fingerprint density at radius 3 is 2.40 bits per heavy atom. The van der Waals surface area contributed by atoms with Crippen LogP contribution in [0.4, 0.5) is 5.69 Å². The number of carbonyl (C=O) groups excluding carboxylic acids is 1. The van der Waals surface area contributed by atoms with Crippen LogP contribution in [0.5, 0.6) is 0 Å². The maximum Gasteiger partial charge on any atom is 0.269 e. The van der Waals surface area contributed by atoms with Gasteiger partial charge in [-0.05, 0) is 30.7 Å². The first-order valence-electron chi connectivity index (χ1n) is 8.24. The molecule has 3 rings (SSSR count). The highest BCUT2D eigenvalue weighted by atomic mass is 16.6. The molecule has 1 aliphatic heterocycles. The van der Waals surface area contributed by atoms with Gasteiger partial charge in [0.2, 0.25) is 0 Å². The van der Waals surface area contributed by atoms with E-state index in [2.05, 4.69) is 22.9 Å². The van der Waals surface area contributed by atoms with Crippen LogP contribution in [0, 0.1) is 10.1 Å². The number of nitro benzene ring substituents is 1. The van der Waals surface area contributed by atoms with E-state index in [-0.39, 0.29) is 17.6 Å². The third kappa shape index (κ3) is 3.83. The Hall–Kier alpha value is -2.80. The van der Waals surface area contributed by atoms with Gasteiger partial charge in [0, 0.05) is 62.3 Å². The molecule has 1 fully saturated rings. The Bertz CT molecular complexity index is 741. The maximum absolute atomic E-state index is 12.6. The predicted octanol–water partition coefficient (Wildman–Crippen LogP) is 2.51. The molecule has 0 radical (unpaired) electrons. The number of rotatable bonds is 4. The first kappa shape index (κ1) is 17.0. The van der Waals surface area contributed by atoms with Crippen LogP contribution in [-0.2, 0) is 0 Å². The molecule has 1 aromatic heterocycles. The lowest BCUT2D eigenvalue weighted by Gasteiger charge is -2.38. The van der Waals surface area contributed by atoms with Crippen LogP contribution in [0.3, 0.4) is 0 Å². The molecule has 0 bridgehead atoms. The summed E-state index contributed by atoms with van der Waals surface area (Å²) in [6.07, 6.45) is 3.64. The van der Waals surface area contributed by atoms with E-state index in [1.807, 2.05) is 12.3 Å². The van der Waals surface area contributed by atoms with E-state index in [4.69, 9.17) is 0 Å². The average molecular weight is 340 g/mol. The van der Waals surface area contributed by atoms with Crippen molar-refractivity contribution in [3.8, 4) is 0 Å². The second-order valence-electron chi connectivity index (χ2n) is 6.09. The van der Waals surface area contributed by atoms with Crippen molar-refractivity contribution < 1.29 is 9.72 Å². The molecule has 130 valence electrons. The smallest absolute Gasteiger partial charge is 0.269 e. The zero-order valence-corrected chi connectivity index (χ0v) is 14.0. The van der Waals surface area contributed by atoms with Gasteiger partial charge in [-0.1, -0.05) is 6.07 Å². The van der Waals surface area contributed by atoms with Gasteiger partial charge in [-0.2, -0.15) is 0 Å². The van der Waals surface area contributed by atoms with Crippen LogP contribution in [0.25, 0.3) is 0 Å². The largest absolute Gasteiger partial charge is 0.336 e. The van der Waals surface area contributed by atoms with Gasteiger partial charge < -0.3 is 4.90 Å². The van der Waals surface area contributed by atoms with E-state index in [1.165, 1.54) is 24.3 Å². The summed E-state index contributed by atoms with van der Waals surface area (Å²) in [7, 11) is 0. The molecule has 1 atom stereocenters. The third-order valence-electron chi connectivity index (χ3n) is 4.64. The van der Waals surface area contributed by atoms with Gasteiger partial charge in [0.25, 0.3) is 11.6 Å². The van der Waals surface area contributed by atoms with Gasteiger partial charge in [0.15, 0.2) is 0 Å². The van der Waals surface area contributed by atoms with Crippen molar-refractivity contribution in [2.75, 3.05) is 26.2 Å². The lowest BCUT2D eigenvalue weighted by Crippen LogP contribution is -2.49. The highest BCUT2D eigenvalue weighted by Gasteiger charge is 2.25. The topological polar surface area (TPSA) is 79.6 Å². The summed E-state index contributed by atoms with van der Waals surface area (Å²) in [4.78, 5) is 31.1. The second-order valence-corrected chi connectivity index (χ2v) is 6.09. The van der Waals surface area contributed by atoms with Gasteiger partial charge in [0.05, 0.1) is 4.92 Å². The normalized spacial score (nSPS) is 16.4. The maximum atomic E-state index is 12.6. The molecular weight excluding hydrogens is 320 g/mol. The molecule has 1 amide bonds. The number of piperazine rings is 1. The van der Waals surface area contributed by atoms with Crippen molar-refractivity contribution in [1.82, 2.24) is 14.8 Å². The van der Waals surface area contributed by atoms with Crippen molar-refractivity contribution in [2.24, 2.45) is 0 Å². The summed E-state index contributed by atoms with van der Waals surface area (Å²) in [6, 6.07) is 10.0. The molecule has 0 unspecified atom stereocenters. The summed E-state index contributed by atoms with van der Waals surface area (Å²) in [5.74, 6) is -0.0800. The van der Waals surface area contributed by atoms with Gasteiger partial charge in [-0.3, -0.25) is 24.8 Å². The quantitative estimate of drug-likeness (QED) is 0.631. The number of non-ortho nitro benzene ring substituents is 1. The monoisotopic (exact) mass is 340 g/mol. The number of aromatic nitrogens is 1. The standard InChI is InChI=1S/C18H20N4O3/c1-14(16-3-2-8-19-13-16)20-9-11-21(12-10-20)18(23)15-4-6-17(7-5-15)22(24)25/h2-8,13-14H,9-12H2,1H3/t14-/m1/s1. The minimum Gasteiger partial charge on any atom is -0.336 e. The molecular formula is C18H20N4O3. The highest BCUT2D eigenvalue weighted by Crippen LogP contribution is 2.21. The van der Waals surface area contributed by atoms with Crippen LogP contribution >= 0.6 is 0 Å². The number of nitrogens with zero attached hydrogens (tertiary/aromatic N) is 4. The lowest BCUT2D eigenvalue weighted by molar-refractivity contribution is -0.384. The molecule has 0 N–H and O–H groups in total. The summed E-state index contributed by atoms with van der Waals surface area (Å²) in [5, 5.41) is 10.7. The summed E-state index contributed by atoms with van der Waals surface area (Å²) < 4.78 is 0. The number of carbonyl (C=O) groups is 1. The average Bonchev–Trinajstić information content (AvgIpc) is 2.67. The van der Waals surface area contributed by atoms with Crippen molar-refractivity contribution >= 4 is 11.6 Å². The first-order chi connectivity index (χ1) is 12.1. The minimum atomic E-state index is -0.465. The molecule has 2 aromatic rings.